The Labute approximate surface area is 208 Å². The molecule has 36 heavy (non-hydrogen) atoms. The predicted octanol–water partition coefficient (Wildman–Crippen LogP) is 6.07. The first-order valence-electron chi connectivity index (χ1n) is 11.5. The van der Waals surface area contributed by atoms with Gasteiger partial charge in [-0.3, -0.25) is 4.79 Å². The zero-order valence-electron chi connectivity index (χ0n) is 19.6. The van der Waals surface area contributed by atoms with E-state index in [-0.39, 0.29) is 0 Å². The molecule has 1 amide bonds. The van der Waals surface area contributed by atoms with E-state index in [9.17, 15) is 9.59 Å². The third-order valence-corrected chi connectivity index (χ3v) is 5.63. The summed E-state index contributed by atoms with van der Waals surface area (Å²) in [6.45, 7) is 1.54. The van der Waals surface area contributed by atoms with Gasteiger partial charge in [-0.25, -0.2) is 14.8 Å². The van der Waals surface area contributed by atoms with E-state index in [1.54, 1.807) is 24.3 Å². The molecule has 0 bridgehead atoms. The Morgan fingerprint density at radius 2 is 1.36 bits per heavy atom. The van der Waals surface area contributed by atoms with Gasteiger partial charge in [0.05, 0.1) is 28.0 Å². The summed E-state index contributed by atoms with van der Waals surface area (Å²) >= 11 is 0. The first kappa shape index (κ1) is 22.9. The molecule has 176 valence electrons. The molecule has 0 radical (unpaired) electrons. The summed E-state index contributed by atoms with van der Waals surface area (Å²) in [6.07, 6.45) is 0. The van der Waals surface area contributed by atoms with Crippen molar-refractivity contribution < 1.29 is 14.3 Å². The standard InChI is InChI=1S/C30H23N3O3/c1-20-9-8-14-24(17-20)31-27(34)19-36-30(35)23-15-16-25-26(18-23)33-29(22-12-6-3-7-13-22)28(32-25)21-10-4-2-5-11-21/h2-18H,19H2,1H3,(H,31,34). The van der Waals surface area contributed by atoms with Crippen LogP contribution in [0, 0.1) is 6.92 Å². The van der Waals surface area contributed by atoms with Gasteiger partial charge in [-0.05, 0) is 42.8 Å². The number of carbonyl (C=O) groups excluding carboxylic acids is 2. The van der Waals surface area contributed by atoms with E-state index in [1.807, 2.05) is 85.8 Å². The molecule has 0 aliphatic carbocycles. The first-order valence-corrected chi connectivity index (χ1v) is 11.5. The number of fused-ring (bicyclic) bond motifs is 1. The largest absolute Gasteiger partial charge is 0.452 e. The van der Waals surface area contributed by atoms with Crippen LogP contribution in [-0.4, -0.2) is 28.5 Å². The van der Waals surface area contributed by atoms with Crippen molar-refractivity contribution in [2.75, 3.05) is 11.9 Å². The average Bonchev–Trinajstić information content (AvgIpc) is 2.91. The van der Waals surface area contributed by atoms with Gasteiger partial charge in [0, 0.05) is 16.8 Å². The molecule has 0 fully saturated rings. The van der Waals surface area contributed by atoms with Crippen LogP contribution in [0.25, 0.3) is 33.5 Å². The van der Waals surface area contributed by atoms with Crippen LogP contribution in [0.5, 0.6) is 0 Å². The molecule has 5 aromatic rings. The number of aryl methyl sites for hydroxylation is 1. The lowest BCUT2D eigenvalue weighted by molar-refractivity contribution is -0.119. The minimum atomic E-state index is -0.605. The van der Waals surface area contributed by atoms with Crippen LogP contribution in [-0.2, 0) is 9.53 Å². The lowest BCUT2D eigenvalue weighted by atomic mass is 10.0. The lowest BCUT2D eigenvalue weighted by Crippen LogP contribution is -2.21. The number of amides is 1. The van der Waals surface area contributed by atoms with Crippen LogP contribution >= 0.6 is 0 Å². The topological polar surface area (TPSA) is 81.2 Å². The van der Waals surface area contributed by atoms with Crippen LogP contribution in [0.1, 0.15) is 15.9 Å². The molecular weight excluding hydrogens is 450 g/mol. The van der Waals surface area contributed by atoms with Gasteiger partial charge in [0.25, 0.3) is 5.91 Å². The average molecular weight is 474 g/mol. The summed E-state index contributed by atoms with van der Waals surface area (Å²) in [6, 6.07) is 32.1. The number of rotatable bonds is 6. The van der Waals surface area contributed by atoms with Gasteiger partial charge in [0.15, 0.2) is 6.61 Å². The Hall–Kier alpha value is -4.84. The lowest BCUT2D eigenvalue weighted by Gasteiger charge is -2.11. The Kier molecular flexibility index (Phi) is 6.49. The van der Waals surface area contributed by atoms with Crippen LogP contribution < -0.4 is 5.32 Å². The van der Waals surface area contributed by atoms with E-state index in [0.29, 0.717) is 22.3 Å². The fraction of sp³-hybridized carbons (Fsp3) is 0.0667. The molecule has 6 heteroatoms. The summed E-state index contributed by atoms with van der Waals surface area (Å²) in [5, 5.41) is 2.73. The molecule has 1 aromatic heterocycles. The van der Waals surface area contributed by atoms with Gasteiger partial charge in [0.1, 0.15) is 0 Å². The molecule has 0 aliphatic heterocycles. The van der Waals surface area contributed by atoms with Crippen LogP contribution in [0.2, 0.25) is 0 Å². The Morgan fingerprint density at radius 3 is 2.00 bits per heavy atom. The fourth-order valence-electron chi connectivity index (χ4n) is 3.91. The minimum Gasteiger partial charge on any atom is -0.452 e. The molecule has 0 atom stereocenters. The molecule has 1 N–H and O–H groups in total. The maximum atomic E-state index is 12.7. The van der Waals surface area contributed by atoms with Gasteiger partial charge in [-0.1, -0.05) is 72.8 Å². The van der Waals surface area contributed by atoms with Crippen LogP contribution in [0.3, 0.4) is 0 Å². The Bertz CT molecular complexity index is 1550. The number of hydrogen-bond donors (Lipinski definition) is 1. The number of nitrogens with one attached hydrogen (secondary N) is 1. The number of carbonyl (C=O) groups is 2. The van der Waals surface area contributed by atoms with E-state index in [1.165, 1.54) is 0 Å². The fourth-order valence-corrected chi connectivity index (χ4v) is 3.91. The number of aromatic nitrogens is 2. The molecule has 6 nitrogen and oxygen atoms in total. The second kappa shape index (κ2) is 10.2. The summed E-state index contributed by atoms with van der Waals surface area (Å²) in [5.41, 5.74) is 6.54. The first-order chi connectivity index (χ1) is 17.6. The van der Waals surface area contributed by atoms with Gasteiger partial charge in [0.2, 0.25) is 0 Å². The minimum absolute atomic E-state index is 0.298. The van der Waals surface area contributed by atoms with Crippen molar-refractivity contribution in [2.24, 2.45) is 0 Å². The van der Waals surface area contributed by atoms with Crippen molar-refractivity contribution in [2.45, 2.75) is 6.92 Å². The highest BCUT2D eigenvalue weighted by molar-refractivity contribution is 5.97. The van der Waals surface area contributed by atoms with Gasteiger partial charge >= 0.3 is 5.97 Å². The molecule has 0 spiro atoms. The number of esters is 1. The summed E-state index contributed by atoms with van der Waals surface area (Å²) in [5.74, 6) is -1.01. The third-order valence-electron chi connectivity index (χ3n) is 5.63. The summed E-state index contributed by atoms with van der Waals surface area (Å²) in [4.78, 5) is 34.7. The van der Waals surface area contributed by atoms with E-state index in [0.717, 1.165) is 28.1 Å². The quantitative estimate of drug-likeness (QED) is 0.303. The number of ether oxygens (including phenoxy) is 1. The SMILES string of the molecule is Cc1cccc(NC(=O)COC(=O)c2ccc3nc(-c4ccccc4)c(-c4ccccc4)nc3c2)c1. The molecular formula is C30H23N3O3. The zero-order valence-corrected chi connectivity index (χ0v) is 19.6. The van der Waals surface area contributed by atoms with Gasteiger partial charge in [-0.2, -0.15) is 0 Å². The van der Waals surface area contributed by atoms with Crippen molar-refractivity contribution in [1.29, 1.82) is 0 Å². The van der Waals surface area contributed by atoms with E-state index in [4.69, 9.17) is 14.7 Å². The molecule has 0 aliphatic rings. The van der Waals surface area contributed by atoms with Crippen LogP contribution in [0.4, 0.5) is 5.69 Å². The number of hydrogen-bond acceptors (Lipinski definition) is 5. The van der Waals surface area contributed by atoms with Crippen molar-refractivity contribution in [1.82, 2.24) is 9.97 Å². The normalized spacial score (nSPS) is 10.7. The monoisotopic (exact) mass is 473 g/mol. The number of benzene rings is 4. The van der Waals surface area contributed by atoms with E-state index in [2.05, 4.69) is 5.32 Å². The third kappa shape index (κ3) is 5.13. The smallest absolute Gasteiger partial charge is 0.338 e. The summed E-state index contributed by atoms with van der Waals surface area (Å²) < 4.78 is 5.25. The second-order valence-corrected chi connectivity index (χ2v) is 8.35. The van der Waals surface area contributed by atoms with E-state index < -0.39 is 18.5 Å². The Morgan fingerprint density at radius 1 is 0.722 bits per heavy atom. The number of anilines is 1. The van der Waals surface area contributed by atoms with Gasteiger partial charge < -0.3 is 10.1 Å². The van der Waals surface area contributed by atoms with Crippen molar-refractivity contribution in [3.63, 3.8) is 0 Å². The van der Waals surface area contributed by atoms with Crippen molar-refractivity contribution in [3.05, 3.63) is 114 Å². The van der Waals surface area contributed by atoms with Crippen molar-refractivity contribution in [3.8, 4) is 22.5 Å². The molecule has 0 unspecified atom stereocenters. The highest BCUT2D eigenvalue weighted by Crippen LogP contribution is 2.31. The second-order valence-electron chi connectivity index (χ2n) is 8.35. The molecule has 1 heterocycles. The molecule has 4 aromatic carbocycles. The molecule has 0 saturated carbocycles. The molecule has 5 rings (SSSR count). The highest BCUT2D eigenvalue weighted by atomic mass is 16.5. The summed E-state index contributed by atoms with van der Waals surface area (Å²) in [7, 11) is 0. The maximum Gasteiger partial charge on any atom is 0.338 e. The molecule has 0 saturated heterocycles. The zero-order chi connectivity index (χ0) is 24.9. The number of nitrogens with zero attached hydrogens (tertiary/aromatic N) is 2. The Balaban J connectivity index is 1.40. The predicted molar refractivity (Wildman–Crippen MR) is 141 cm³/mol. The van der Waals surface area contributed by atoms with Crippen molar-refractivity contribution >= 4 is 28.6 Å². The van der Waals surface area contributed by atoms with Crippen LogP contribution in [0.15, 0.2) is 103 Å². The van der Waals surface area contributed by atoms with Gasteiger partial charge in [-0.15, -0.1) is 0 Å². The van der Waals surface area contributed by atoms with E-state index >= 15 is 0 Å². The maximum absolute atomic E-state index is 12.7. The highest BCUT2D eigenvalue weighted by Gasteiger charge is 2.16.